The van der Waals surface area contributed by atoms with Crippen molar-refractivity contribution in [2.75, 3.05) is 6.61 Å². The summed E-state index contributed by atoms with van der Waals surface area (Å²) in [6.45, 7) is 4.83. The van der Waals surface area contributed by atoms with E-state index in [4.69, 9.17) is 9.72 Å². The van der Waals surface area contributed by atoms with Crippen molar-refractivity contribution in [3.63, 3.8) is 0 Å². The van der Waals surface area contributed by atoms with Gasteiger partial charge in [-0.25, -0.2) is 4.98 Å². The predicted octanol–water partition coefficient (Wildman–Crippen LogP) is 3.53. The molecule has 5 nitrogen and oxygen atoms in total. The molecule has 3 aromatic rings. The van der Waals surface area contributed by atoms with Crippen LogP contribution in [0.1, 0.15) is 22.4 Å². The molecule has 1 fully saturated rings. The fraction of sp³-hybridized carbons (Fsp3) is 0.316. The number of fused-ring (bicyclic) bond motifs is 1. The highest BCUT2D eigenvalue weighted by atomic mass is 32.2. The van der Waals surface area contributed by atoms with Crippen LogP contribution in [0.15, 0.2) is 40.3 Å². The lowest BCUT2D eigenvalue weighted by Gasteiger charge is -2.14. The minimum atomic E-state index is -0.302. The summed E-state index contributed by atoms with van der Waals surface area (Å²) in [4.78, 5) is 31.7. The van der Waals surface area contributed by atoms with Gasteiger partial charge in [0, 0.05) is 11.3 Å². The van der Waals surface area contributed by atoms with Crippen LogP contribution in [-0.2, 0) is 16.1 Å². The Morgan fingerprint density at radius 2 is 2.04 bits per heavy atom. The molecular formula is C19H18N2O3S2. The number of hydrogen-bond donors (Lipinski definition) is 0. The van der Waals surface area contributed by atoms with Gasteiger partial charge in [-0.3, -0.25) is 14.2 Å². The molecule has 2 aromatic heterocycles. The van der Waals surface area contributed by atoms with Crippen molar-refractivity contribution < 1.29 is 9.53 Å². The maximum Gasteiger partial charge on any atom is 0.319 e. The van der Waals surface area contributed by atoms with E-state index >= 15 is 0 Å². The number of rotatable bonds is 4. The van der Waals surface area contributed by atoms with E-state index in [1.54, 1.807) is 4.57 Å². The number of thioether (sulfide) groups is 1. The number of aromatic nitrogens is 2. The molecule has 0 amide bonds. The number of nitrogens with zero attached hydrogens (tertiary/aromatic N) is 2. The summed E-state index contributed by atoms with van der Waals surface area (Å²) in [6, 6.07) is 9.83. The summed E-state index contributed by atoms with van der Waals surface area (Å²) in [5, 5.41) is 0.960. The topological polar surface area (TPSA) is 61.2 Å². The SMILES string of the molecule is Cc1sc2nc(S[C@@H]3CCOC3=O)n(Cc3ccccc3)c(=O)c2c1C. The second-order valence-electron chi connectivity index (χ2n) is 6.30. The van der Waals surface area contributed by atoms with Crippen LogP contribution in [0, 0.1) is 13.8 Å². The van der Waals surface area contributed by atoms with Gasteiger partial charge in [0.15, 0.2) is 5.16 Å². The molecule has 0 radical (unpaired) electrons. The summed E-state index contributed by atoms with van der Waals surface area (Å²) in [5.41, 5.74) is 1.96. The number of carbonyl (C=O) groups is 1. The Morgan fingerprint density at radius 1 is 1.27 bits per heavy atom. The van der Waals surface area contributed by atoms with Gasteiger partial charge < -0.3 is 4.74 Å². The number of hydrogen-bond acceptors (Lipinski definition) is 6. The Bertz CT molecular complexity index is 1040. The molecule has 4 rings (SSSR count). The molecule has 1 aromatic carbocycles. The Labute approximate surface area is 159 Å². The van der Waals surface area contributed by atoms with E-state index in [1.165, 1.54) is 23.1 Å². The average molecular weight is 386 g/mol. The van der Waals surface area contributed by atoms with E-state index in [1.807, 2.05) is 44.2 Å². The summed E-state index contributed by atoms with van der Waals surface area (Å²) in [7, 11) is 0. The lowest BCUT2D eigenvalue weighted by Crippen LogP contribution is -2.25. The van der Waals surface area contributed by atoms with Crippen LogP contribution < -0.4 is 5.56 Å². The highest BCUT2D eigenvalue weighted by Crippen LogP contribution is 2.32. The third-order valence-electron chi connectivity index (χ3n) is 4.57. The summed E-state index contributed by atoms with van der Waals surface area (Å²) in [5.74, 6) is -0.228. The van der Waals surface area contributed by atoms with Gasteiger partial charge in [0.2, 0.25) is 0 Å². The second kappa shape index (κ2) is 6.89. The predicted molar refractivity (Wildman–Crippen MR) is 104 cm³/mol. The third-order valence-corrected chi connectivity index (χ3v) is 6.91. The molecule has 3 heterocycles. The van der Waals surface area contributed by atoms with Gasteiger partial charge in [-0.15, -0.1) is 11.3 Å². The van der Waals surface area contributed by atoms with Crippen LogP contribution >= 0.6 is 23.1 Å². The molecule has 0 saturated carbocycles. The summed E-state index contributed by atoms with van der Waals surface area (Å²) >= 11 is 2.86. The van der Waals surface area contributed by atoms with Crippen molar-refractivity contribution in [3.05, 3.63) is 56.7 Å². The quantitative estimate of drug-likeness (QED) is 0.507. The molecule has 1 aliphatic heterocycles. The lowest BCUT2D eigenvalue weighted by atomic mass is 10.2. The van der Waals surface area contributed by atoms with E-state index in [0.29, 0.717) is 30.1 Å². The highest BCUT2D eigenvalue weighted by molar-refractivity contribution is 8.00. The summed E-state index contributed by atoms with van der Waals surface area (Å²) < 4.78 is 6.75. The molecule has 134 valence electrons. The van der Waals surface area contributed by atoms with Gasteiger partial charge in [0.1, 0.15) is 10.1 Å². The highest BCUT2D eigenvalue weighted by Gasteiger charge is 2.30. The molecule has 1 saturated heterocycles. The monoisotopic (exact) mass is 386 g/mol. The van der Waals surface area contributed by atoms with E-state index in [9.17, 15) is 9.59 Å². The minimum absolute atomic E-state index is 0.0467. The van der Waals surface area contributed by atoms with Crippen LogP contribution in [0.4, 0.5) is 0 Å². The van der Waals surface area contributed by atoms with Crippen molar-refractivity contribution in [1.29, 1.82) is 0 Å². The van der Waals surface area contributed by atoms with Crippen molar-refractivity contribution in [3.8, 4) is 0 Å². The first-order valence-corrected chi connectivity index (χ1v) is 10.1. The van der Waals surface area contributed by atoms with Crippen LogP contribution in [0.3, 0.4) is 0 Å². The first-order chi connectivity index (χ1) is 12.5. The molecule has 0 bridgehead atoms. The number of ether oxygens (including phenoxy) is 1. The fourth-order valence-corrected chi connectivity index (χ4v) is 5.14. The number of cyclic esters (lactones) is 1. The van der Waals surface area contributed by atoms with Gasteiger partial charge in [-0.05, 0) is 25.0 Å². The number of thiophene rings is 1. The second-order valence-corrected chi connectivity index (χ2v) is 8.67. The van der Waals surface area contributed by atoms with E-state index in [0.717, 1.165) is 20.8 Å². The molecule has 1 atom stereocenters. The molecule has 26 heavy (non-hydrogen) atoms. The molecule has 7 heteroatoms. The first-order valence-electron chi connectivity index (χ1n) is 8.42. The van der Waals surface area contributed by atoms with Crippen LogP contribution in [0.5, 0.6) is 0 Å². The standard InChI is InChI=1S/C19H18N2O3S2/c1-11-12(2)25-16-15(11)17(22)21(10-13-6-4-3-5-7-13)19(20-16)26-14-8-9-24-18(14)23/h3-7,14H,8-10H2,1-2H3/t14-/m1/s1. The Morgan fingerprint density at radius 3 is 2.73 bits per heavy atom. The maximum atomic E-state index is 13.2. The molecular weight excluding hydrogens is 368 g/mol. The third kappa shape index (κ3) is 3.05. The van der Waals surface area contributed by atoms with Gasteiger partial charge in [-0.2, -0.15) is 0 Å². The van der Waals surface area contributed by atoms with E-state index < -0.39 is 0 Å². The average Bonchev–Trinajstić information content (AvgIpc) is 3.15. The number of carbonyl (C=O) groups excluding carboxylic acids is 1. The van der Waals surface area contributed by atoms with Gasteiger partial charge in [0.25, 0.3) is 5.56 Å². The maximum absolute atomic E-state index is 13.2. The van der Waals surface area contributed by atoms with Crippen molar-refractivity contribution in [1.82, 2.24) is 9.55 Å². The van der Waals surface area contributed by atoms with Crippen LogP contribution in [-0.4, -0.2) is 27.4 Å². The Hall–Kier alpha value is -2.12. The van der Waals surface area contributed by atoms with Crippen molar-refractivity contribution >= 4 is 39.3 Å². The van der Waals surface area contributed by atoms with E-state index in [-0.39, 0.29) is 16.8 Å². The van der Waals surface area contributed by atoms with Crippen LogP contribution in [0.2, 0.25) is 0 Å². The van der Waals surface area contributed by atoms with E-state index in [2.05, 4.69) is 0 Å². The van der Waals surface area contributed by atoms with Crippen LogP contribution in [0.25, 0.3) is 10.2 Å². The number of aryl methyl sites for hydroxylation is 2. The molecule has 0 spiro atoms. The zero-order chi connectivity index (χ0) is 18.3. The van der Waals surface area contributed by atoms with Gasteiger partial charge >= 0.3 is 5.97 Å². The smallest absolute Gasteiger partial charge is 0.319 e. The Kier molecular flexibility index (Phi) is 4.58. The van der Waals surface area contributed by atoms with Gasteiger partial charge in [0.05, 0.1) is 18.5 Å². The molecule has 1 aliphatic rings. The molecule has 0 N–H and O–H groups in total. The number of benzene rings is 1. The largest absolute Gasteiger partial charge is 0.465 e. The number of esters is 1. The normalized spacial score (nSPS) is 17.0. The molecule has 0 unspecified atom stereocenters. The molecule has 0 aliphatic carbocycles. The minimum Gasteiger partial charge on any atom is -0.465 e. The lowest BCUT2D eigenvalue weighted by molar-refractivity contribution is -0.137. The fourth-order valence-electron chi connectivity index (χ4n) is 3.02. The zero-order valence-corrected chi connectivity index (χ0v) is 16.2. The Balaban J connectivity index is 1.85. The van der Waals surface area contributed by atoms with Crippen molar-refractivity contribution in [2.24, 2.45) is 0 Å². The van der Waals surface area contributed by atoms with Gasteiger partial charge in [-0.1, -0.05) is 42.1 Å². The summed E-state index contributed by atoms with van der Waals surface area (Å²) in [6.07, 6.45) is 0.644. The first kappa shape index (κ1) is 17.3. The van der Waals surface area contributed by atoms with Crippen molar-refractivity contribution in [2.45, 2.75) is 37.2 Å². The zero-order valence-electron chi connectivity index (χ0n) is 14.5.